The first kappa shape index (κ1) is 14.0. The maximum absolute atomic E-state index is 4.24. The summed E-state index contributed by atoms with van der Waals surface area (Å²) in [7, 11) is 1.98. The van der Waals surface area contributed by atoms with Gasteiger partial charge in [-0.1, -0.05) is 15.9 Å². The summed E-state index contributed by atoms with van der Waals surface area (Å²) in [5.74, 6) is 0. The second-order valence-corrected chi connectivity index (χ2v) is 6.20. The van der Waals surface area contributed by atoms with Crippen molar-refractivity contribution < 1.29 is 0 Å². The van der Waals surface area contributed by atoms with E-state index in [0.717, 1.165) is 4.47 Å². The van der Waals surface area contributed by atoms with E-state index in [1.807, 2.05) is 25.5 Å². The molecule has 0 radical (unpaired) electrons. The van der Waals surface area contributed by atoms with Gasteiger partial charge in [0.2, 0.25) is 0 Å². The van der Waals surface area contributed by atoms with E-state index in [2.05, 4.69) is 73.9 Å². The van der Waals surface area contributed by atoms with Crippen molar-refractivity contribution in [3.05, 3.63) is 61.4 Å². The number of pyridine rings is 1. The molecule has 1 atom stereocenters. The summed E-state index contributed by atoms with van der Waals surface area (Å²) < 4.78 is 2.35. The van der Waals surface area contributed by atoms with E-state index in [1.165, 1.54) is 20.3 Å². The Morgan fingerprint density at radius 2 is 2.06 bits per heavy atom. The Labute approximate surface area is 129 Å². The van der Waals surface area contributed by atoms with Gasteiger partial charge in [-0.3, -0.25) is 4.98 Å². The zero-order valence-electron chi connectivity index (χ0n) is 10.2. The Balaban J connectivity index is 2.52. The Bertz CT molecular complexity index is 557. The molecule has 1 heterocycles. The highest BCUT2D eigenvalue weighted by Crippen LogP contribution is 2.29. The first-order valence-electron chi connectivity index (χ1n) is 5.66. The van der Waals surface area contributed by atoms with Gasteiger partial charge in [-0.05, 0) is 77.5 Å². The number of hydrogen-bond acceptors (Lipinski definition) is 2. The lowest BCUT2D eigenvalue weighted by atomic mass is 9.97. The number of nitrogens with one attached hydrogen (secondary N) is 1. The first-order valence-corrected chi connectivity index (χ1v) is 7.53. The van der Waals surface area contributed by atoms with Crippen molar-refractivity contribution in [2.45, 2.75) is 13.0 Å². The van der Waals surface area contributed by atoms with Gasteiger partial charge in [-0.25, -0.2) is 0 Å². The second kappa shape index (κ2) is 6.12. The number of benzene rings is 1. The molecule has 1 aromatic carbocycles. The molecular weight excluding hydrogens is 403 g/mol. The van der Waals surface area contributed by atoms with Crippen LogP contribution in [-0.4, -0.2) is 12.0 Å². The van der Waals surface area contributed by atoms with Crippen molar-refractivity contribution >= 4 is 38.5 Å². The second-order valence-electron chi connectivity index (χ2n) is 4.12. The Morgan fingerprint density at radius 3 is 2.72 bits per heavy atom. The van der Waals surface area contributed by atoms with Crippen LogP contribution in [0, 0.1) is 10.5 Å². The fourth-order valence-corrected chi connectivity index (χ4v) is 3.02. The fraction of sp³-hybridized carbons (Fsp3) is 0.214. The highest BCUT2D eigenvalue weighted by Gasteiger charge is 2.17. The minimum absolute atomic E-state index is 0.170. The van der Waals surface area contributed by atoms with Crippen LogP contribution in [0.4, 0.5) is 0 Å². The third kappa shape index (κ3) is 2.92. The van der Waals surface area contributed by atoms with Crippen LogP contribution in [0.1, 0.15) is 22.7 Å². The van der Waals surface area contributed by atoms with Gasteiger partial charge in [-0.15, -0.1) is 0 Å². The highest BCUT2D eigenvalue weighted by atomic mass is 127. The lowest BCUT2D eigenvalue weighted by Gasteiger charge is -2.20. The number of nitrogens with zero attached hydrogens (tertiary/aromatic N) is 1. The number of rotatable bonds is 3. The summed E-state index contributed by atoms with van der Waals surface area (Å²) in [6, 6.07) is 8.56. The molecule has 1 aromatic heterocycles. The van der Waals surface area contributed by atoms with Crippen LogP contribution in [0.25, 0.3) is 0 Å². The Morgan fingerprint density at radius 1 is 1.28 bits per heavy atom. The summed E-state index contributed by atoms with van der Waals surface area (Å²) in [6.45, 7) is 2.12. The quantitative estimate of drug-likeness (QED) is 0.763. The van der Waals surface area contributed by atoms with E-state index in [9.17, 15) is 0 Å². The van der Waals surface area contributed by atoms with Gasteiger partial charge in [0.05, 0.1) is 6.04 Å². The van der Waals surface area contributed by atoms with E-state index < -0.39 is 0 Å². The average Bonchev–Trinajstić information content (AvgIpc) is 2.36. The Hall–Kier alpha value is -0.460. The molecule has 0 fully saturated rings. The molecule has 0 spiro atoms. The van der Waals surface area contributed by atoms with E-state index >= 15 is 0 Å². The number of aromatic nitrogens is 1. The van der Waals surface area contributed by atoms with Crippen LogP contribution in [0.15, 0.2) is 41.1 Å². The molecule has 2 aromatic rings. The van der Waals surface area contributed by atoms with Crippen LogP contribution in [0.2, 0.25) is 0 Å². The normalized spacial score (nSPS) is 12.4. The number of aryl methyl sites for hydroxylation is 1. The number of halogens is 2. The minimum atomic E-state index is 0.170. The molecule has 2 nitrogen and oxygen atoms in total. The highest BCUT2D eigenvalue weighted by molar-refractivity contribution is 14.1. The van der Waals surface area contributed by atoms with Crippen molar-refractivity contribution in [2.75, 3.05) is 7.05 Å². The first-order chi connectivity index (χ1) is 8.63. The van der Waals surface area contributed by atoms with Gasteiger partial charge in [0.25, 0.3) is 0 Å². The van der Waals surface area contributed by atoms with Gasteiger partial charge in [0, 0.05) is 20.4 Å². The van der Waals surface area contributed by atoms with Crippen LogP contribution in [-0.2, 0) is 0 Å². The molecule has 0 aliphatic rings. The Kier molecular flexibility index (Phi) is 4.75. The third-order valence-electron chi connectivity index (χ3n) is 2.95. The minimum Gasteiger partial charge on any atom is -0.309 e. The van der Waals surface area contributed by atoms with E-state index in [1.54, 1.807) is 0 Å². The van der Waals surface area contributed by atoms with E-state index in [0.29, 0.717) is 0 Å². The molecule has 94 valence electrons. The van der Waals surface area contributed by atoms with Crippen LogP contribution >= 0.6 is 38.5 Å². The summed E-state index contributed by atoms with van der Waals surface area (Å²) in [5.41, 5.74) is 3.74. The third-order valence-corrected chi connectivity index (χ3v) is 4.42. The zero-order chi connectivity index (χ0) is 13.1. The van der Waals surface area contributed by atoms with Gasteiger partial charge >= 0.3 is 0 Å². The van der Waals surface area contributed by atoms with Gasteiger partial charge in [0.1, 0.15) is 0 Å². The van der Waals surface area contributed by atoms with Crippen molar-refractivity contribution in [1.29, 1.82) is 0 Å². The maximum atomic E-state index is 4.24. The van der Waals surface area contributed by atoms with Gasteiger partial charge < -0.3 is 5.32 Å². The lowest BCUT2D eigenvalue weighted by Crippen LogP contribution is -2.20. The molecule has 18 heavy (non-hydrogen) atoms. The topological polar surface area (TPSA) is 24.9 Å². The summed E-state index contributed by atoms with van der Waals surface area (Å²) in [4.78, 5) is 4.24. The summed E-state index contributed by atoms with van der Waals surface area (Å²) in [6.07, 6.45) is 3.77. The number of hydrogen-bond donors (Lipinski definition) is 1. The lowest BCUT2D eigenvalue weighted by molar-refractivity contribution is 0.681. The zero-order valence-corrected chi connectivity index (χ0v) is 14.0. The molecule has 1 N–H and O–H groups in total. The molecule has 0 bridgehead atoms. The predicted octanol–water partition coefficient (Wildman–Crippen LogP) is 4.07. The summed E-state index contributed by atoms with van der Waals surface area (Å²) in [5, 5.41) is 3.38. The molecule has 2 rings (SSSR count). The fourth-order valence-electron chi connectivity index (χ4n) is 1.99. The largest absolute Gasteiger partial charge is 0.309 e. The molecule has 1 unspecified atom stereocenters. The molecule has 0 aliphatic heterocycles. The van der Waals surface area contributed by atoms with Gasteiger partial charge in [-0.2, -0.15) is 0 Å². The van der Waals surface area contributed by atoms with E-state index in [4.69, 9.17) is 0 Å². The van der Waals surface area contributed by atoms with Crippen molar-refractivity contribution in [2.24, 2.45) is 0 Å². The van der Waals surface area contributed by atoms with Crippen molar-refractivity contribution in [3.8, 4) is 0 Å². The monoisotopic (exact) mass is 416 g/mol. The predicted molar refractivity (Wildman–Crippen MR) is 86.7 cm³/mol. The van der Waals surface area contributed by atoms with Crippen molar-refractivity contribution in [1.82, 2.24) is 10.3 Å². The smallest absolute Gasteiger partial charge is 0.0603 e. The molecule has 0 amide bonds. The van der Waals surface area contributed by atoms with Crippen LogP contribution in [0.5, 0.6) is 0 Å². The van der Waals surface area contributed by atoms with Crippen LogP contribution in [0.3, 0.4) is 0 Å². The molecule has 0 saturated heterocycles. The van der Waals surface area contributed by atoms with Crippen LogP contribution < -0.4 is 5.32 Å². The maximum Gasteiger partial charge on any atom is 0.0603 e. The average molecular weight is 417 g/mol. The molecule has 0 aliphatic carbocycles. The standard InChI is InChI=1S/C14H14BrIN2/c1-9-5-6-18-8-12(9)14(17-2)11-7-10(15)3-4-13(11)16/h3-8,14,17H,1-2H3. The SMILES string of the molecule is CNC(c1cnccc1C)c1cc(Br)ccc1I. The van der Waals surface area contributed by atoms with Crippen molar-refractivity contribution in [3.63, 3.8) is 0 Å². The molecular formula is C14H14BrIN2. The van der Waals surface area contributed by atoms with Gasteiger partial charge in [0.15, 0.2) is 0 Å². The summed E-state index contributed by atoms with van der Waals surface area (Å²) >= 11 is 5.91. The molecule has 0 saturated carbocycles. The molecule has 4 heteroatoms. The van der Waals surface area contributed by atoms with E-state index in [-0.39, 0.29) is 6.04 Å².